The van der Waals surface area contributed by atoms with E-state index in [0.29, 0.717) is 11.5 Å². The van der Waals surface area contributed by atoms with Crippen molar-refractivity contribution < 1.29 is 0 Å². The monoisotopic (exact) mass is 207 g/mol. The first-order valence-electron chi connectivity index (χ1n) is 5.73. The van der Waals surface area contributed by atoms with Crippen LogP contribution in [0.15, 0.2) is 6.20 Å². The lowest BCUT2D eigenvalue weighted by Gasteiger charge is -2.18. The van der Waals surface area contributed by atoms with E-state index in [9.17, 15) is 0 Å². The predicted octanol–water partition coefficient (Wildman–Crippen LogP) is 2.72. The summed E-state index contributed by atoms with van der Waals surface area (Å²) >= 11 is 0. The number of nitrogens with one attached hydrogen (secondary N) is 1. The molecule has 1 aromatic heterocycles. The minimum Gasteiger partial charge on any atom is -0.353 e. The third-order valence-corrected chi connectivity index (χ3v) is 3.30. The lowest BCUT2D eigenvalue weighted by Crippen LogP contribution is -2.19. The molecule has 3 heteroatoms. The van der Waals surface area contributed by atoms with E-state index in [1.165, 1.54) is 19.3 Å². The van der Waals surface area contributed by atoms with Crippen molar-refractivity contribution in [2.45, 2.75) is 46.1 Å². The van der Waals surface area contributed by atoms with Crippen molar-refractivity contribution in [3.05, 3.63) is 11.9 Å². The molecule has 84 valence electrons. The second kappa shape index (κ2) is 3.54. The minimum absolute atomic E-state index is 0.498. The van der Waals surface area contributed by atoms with Crippen LogP contribution in [-0.2, 0) is 7.05 Å². The average Bonchev–Trinajstić information content (AvgIpc) is 2.57. The summed E-state index contributed by atoms with van der Waals surface area (Å²) < 4.78 is 2.07. The van der Waals surface area contributed by atoms with Gasteiger partial charge in [-0.15, -0.1) is 0 Å². The molecule has 0 radical (unpaired) electrons. The Balaban J connectivity index is 2.01. The molecule has 0 spiro atoms. The highest BCUT2D eigenvalue weighted by Gasteiger charge is 2.31. The molecule has 0 saturated heterocycles. The Morgan fingerprint density at radius 3 is 2.73 bits per heavy atom. The summed E-state index contributed by atoms with van der Waals surface area (Å²) in [5.41, 5.74) is 1.58. The van der Waals surface area contributed by atoms with Gasteiger partial charge in [-0.2, -0.15) is 0 Å². The zero-order valence-electron chi connectivity index (χ0n) is 10.2. The van der Waals surface area contributed by atoms with E-state index < -0.39 is 0 Å². The molecule has 1 aliphatic carbocycles. The van der Waals surface area contributed by atoms with Crippen molar-refractivity contribution >= 4 is 5.95 Å². The van der Waals surface area contributed by atoms with Crippen molar-refractivity contribution in [3.8, 4) is 0 Å². The van der Waals surface area contributed by atoms with E-state index >= 15 is 0 Å². The van der Waals surface area contributed by atoms with Crippen LogP contribution in [0.5, 0.6) is 0 Å². The zero-order valence-corrected chi connectivity index (χ0v) is 10.2. The van der Waals surface area contributed by atoms with E-state index in [0.717, 1.165) is 11.6 Å². The Morgan fingerprint density at radius 2 is 2.27 bits per heavy atom. The van der Waals surface area contributed by atoms with Gasteiger partial charge in [0.05, 0.1) is 5.69 Å². The highest BCUT2D eigenvalue weighted by Crippen LogP contribution is 2.38. The normalized spacial score (nSPS) is 24.4. The molecule has 0 aromatic carbocycles. The van der Waals surface area contributed by atoms with E-state index in [2.05, 4.69) is 34.9 Å². The van der Waals surface area contributed by atoms with Crippen LogP contribution in [0.3, 0.4) is 0 Å². The second-order valence-electron chi connectivity index (χ2n) is 5.57. The Labute approximate surface area is 91.9 Å². The summed E-state index contributed by atoms with van der Waals surface area (Å²) in [6.45, 7) is 6.72. The molecule has 15 heavy (non-hydrogen) atoms. The maximum Gasteiger partial charge on any atom is 0.202 e. The number of anilines is 1. The molecule has 0 bridgehead atoms. The van der Waals surface area contributed by atoms with E-state index in [1.54, 1.807) is 0 Å². The first-order valence-corrected chi connectivity index (χ1v) is 5.73. The lowest BCUT2D eigenvalue weighted by molar-refractivity contribution is 0.378. The van der Waals surface area contributed by atoms with Gasteiger partial charge in [-0.05, 0) is 31.6 Å². The van der Waals surface area contributed by atoms with Gasteiger partial charge in [0.1, 0.15) is 0 Å². The average molecular weight is 207 g/mol. The number of hydrogen-bond acceptors (Lipinski definition) is 2. The van der Waals surface area contributed by atoms with Crippen LogP contribution in [0.25, 0.3) is 0 Å². The number of aryl methyl sites for hydroxylation is 2. The van der Waals surface area contributed by atoms with E-state index in [4.69, 9.17) is 0 Å². The van der Waals surface area contributed by atoms with Gasteiger partial charge in [-0.1, -0.05) is 13.8 Å². The smallest absolute Gasteiger partial charge is 0.202 e. The number of rotatable bonds is 2. The van der Waals surface area contributed by atoms with Crippen LogP contribution in [0.2, 0.25) is 0 Å². The van der Waals surface area contributed by atoms with Gasteiger partial charge in [0, 0.05) is 19.3 Å². The van der Waals surface area contributed by atoms with Gasteiger partial charge in [0.15, 0.2) is 0 Å². The number of hydrogen-bond donors (Lipinski definition) is 1. The summed E-state index contributed by atoms with van der Waals surface area (Å²) in [5.74, 6) is 1.01. The number of aromatic nitrogens is 2. The van der Waals surface area contributed by atoms with Crippen molar-refractivity contribution in [1.29, 1.82) is 0 Å². The van der Waals surface area contributed by atoms with Crippen molar-refractivity contribution in [2.24, 2.45) is 12.5 Å². The van der Waals surface area contributed by atoms with Crippen LogP contribution in [0, 0.1) is 12.3 Å². The molecule has 3 nitrogen and oxygen atoms in total. The Morgan fingerprint density at radius 1 is 1.53 bits per heavy atom. The molecule has 1 N–H and O–H groups in total. The van der Waals surface area contributed by atoms with Crippen LogP contribution in [0.4, 0.5) is 5.95 Å². The predicted molar refractivity (Wildman–Crippen MR) is 63.0 cm³/mol. The molecule has 1 aromatic rings. The topological polar surface area (TPSA) is 29.9 Å². The quantitative estimate of drug-likeness (QED) is 0.808. The fourth-order valence-corrected chi connectivity index (χ4v) is 2.49. The van der Waals surface area contributed by atoms with Crippen LogP contribution >= 0.6 is 0 Å². The SMILES string of the molecule is Cc1cn(C)c(NC2CCC(C)(C)C2)n1. The summed E-state index contributed by atoms with van der Waals surface area (Å²) in [4.78, 5) is 4.47. The molecule has 2 rings (SSSR count). The van der Waals surface area contributed by atoms with Gasteiger partial charge in [-0.3, -0.25) is 0 Å². The third-order valence-electron chi connectivity index (χ3n) is 3.30. The molecule has 1 heterocycles. The summed E-state index contributed by atoms with van der Waals surface area (Å²) in [6.07, 6.45) is 5.88. The summed E-state index contributed by atoms with van der Waals surface area (Å²) in [5, 5.41) is 3.54. The first-order chi connectivity index (χ1) is 6.96. The fourth-order valence-electron chi connectivity index (χ4n) is 2.49. The van der Waals surface area contributed by atoms with Gasteiger partial charge in [0.2, 0.25) is 5.95 Å². The fraction of sp³-hybridized carbons (Fsp3) is 0.750. The van der Waals surface area contributed by atoms with Crippen molar-refractivity contribution in [2.75, 3.05) is 5.32 Å². The molecular formula is C12H21N3. The molecule has 1 aliphatic rings. The number of nitrogens with zero attached hydrogens (tertiary/aromatic N) is 2. The van der Waals surface area contributed by atoms with Crippen molar-refractivity contribution in [1.82, 2.24) is 9.55 Å². The summed E-state index contributed by atoms with van der Waals surface area (Å²) in [6, 6.07) is 0.598. The van der Waals surface area contributed by atoms with Crippen LogP contribution in [0.1, 0.15) is 38.8 Å². The maximum atomic E-state index is 4.47. The first kappa shape index (κ1) is 10.5. The maximum absolute atomic E-state index is 4.47. The van der Waals surface area contributed by atoms with Gasteiger partial charge >= 0.3 is 0 Å². The molecule has 0 aliphatic heterocycles. The Bertz CT molecular complexity index is 352. The van der Waals surface area contributed by atoms with Gasteiger partial charge < -0.3 is 9.88 Å². The molecule has 1 fully saturated rings. The second-order valence-corrected chi connectivity index (χ2v) is 5.57. The largest absolute Gasteiger partial charge is 0.353 e. The van der Waals surface area contributed by atoms with Crippen LogP contribution in [-0.4, -0.2) is 15.6 Å². The Kier molecular flexibility index (Phi) is 2.49. The summed E-state index contributed by atoms with van der Waals surface area (Å²) in [7, 11) is 2.04. The van der Waals surface area contributed by atoms with Crippen LogP contribution < -0.4 is 5.32 Å². The van der Waals surface area contributed by atoms with Gasteiger partial charge in [0.25, 0.3) is 0 Å². The highest BCUT2D eigenvalue weighted by molar-refractivity contribution is 5.30. The Hall–Kier alpha value is -0.990. The zero-order chi connectivity index (χ0) is 11.1. The third kappa shape index (κ3) is 2.33. The number of imidazole rings is 1. The molecule has 1 unspecified atom stereocenters. The molecule has 1 saturated carbocycles. The molecule has 0 amide bonds. The lowest BCUT2D eigenvalue weighted by atomic mass is 9.92. The van der Waals surface area contributed by atoms with Gasteiger partial charge in [-0.25, -0.2) is 4.98 Å². The highest BCUT2D eigenvalue weighted by atomic mass is 15.2. The van der Waals surface area contributed by atoms with E-state index in [-0.39, 0.29) is 0 Å². The van der Waals surface area contributed by atoms with Crippen molar-refractivity contribution in [3.63, 3.8) is 0 Å². The standard InChI is InChI=1S/C12H21N3/c1-9-8-15(4)11(13-9)14-10-5-6-12(2,3)7-10/h8,10H,5-7H2,1-4H3,(H,13,14). The molecule has 1 atom stereocenters. The van der Waals surface area contributed by atoms with E-state index in [1.807, 2.05) is 14.0 Å². The molecular weight excluding hydrogens is 186 g/mol. The minimum atomic E-state index is 0.498.